The molecule has 6 nitrogen and oxygen atoms in total. The lowest BCUT2D eigenvalue weighted by atomic mass is 9.62. The van der Waals surface area contributed by atoms with E-state index in [1.807, 2.05) is 0 Å². The van der Waals surface area contributed by atoms with Crippen LogP contribution in [0.4, 0.5) is 0 Å². The molecule has 0 atom stereocenters. The summed E-state index contributed by atoms with van der Waals surface area (Å²) in [6.45, 7) is 8.50. The van der Waals surface area contributed by atoms with Gasteiger partial charge in [-0.25, -0.2) is 0 Å². The Balaban J connectivity index is 1.89. The first kappa shape index (κ1) is 29.5. The zero-order valence-corrected chi connectivity index (χ0v) is 22.9. The molecule has 2 saturated heterocycles. The van der Waals surface area contributed by atoms with E-state index in [-0.39, 0.29) is 0 Å². The summed E-state index contributed by atoms with van der Waals surface area (Å²) in [6, 6.07) is 0. The summed E-state index contributed by atoms with van der Waals surface area (Å²) in [5.41, 5.74) is -0.964. The largest absolute Gasteiger partial charge is 0.281 e. The molecular formula is C29H50N2O4. The zero-order chi connectivity index (χ0) is 25.8. The van der Waals surface area contributed by atoms with Gasteiger partial charge < -0.3 is 0 Å². The minimum Gasteiger partial charge on any atom is -0.281 e. The normalized spacial score (nSPS) is 21.8. The standard InChI is InChI=1S/C29H50N2O4/c1-5-7-9-11-13-15-17-19-21-30-25(32)23-27(34)31(22-20-18-16-14-12-10-8-6-2)28(35)24(26(30)33)29(23,3)4/h23-24H,5-22H2,1-4H3. The van der Waals surface area contributed by atoms with Gasteiger partial charge in [-0.15, -0.1) is 0 Å². The van der Waals surface area contributed by atoms with Crippen molar-refractivity contribution in [2.45, 2.75) is 130 Å². The van der Waals surface area contributed by atoms with Crippen LogP contribution < -0.4 is 0 Å². The number of hydrogen-bond acceptors (Lipinski definition) is 4. The summed E-state index contributed by atoms with van der Waals surface area (Å²) in [6.07, 6.45) is 17.9. The molecule has 2 fully saturated rings. The molecule has 4 amide bonds. The SMILES string of the molecule is CCCCCCCCCCN1C(=O)C2C(=O)N(CCCCCCCCCC)C(=O)C(C1=O)C2(C)C. The number of carbonyl (C=O) groups excluding carboxylic acids is 4. The fourth-order valence-corrected chi connectivity index (χ4v) is 5.74. The maximum atomic E-state index is 13.3. The summed E-state index contributed by atoms with van der Waals surface area (Å²) in [5, 5.41) is 0. The van der Waals surface area contributed by atoms with E-state index in [0.29, 0.717) is 13.1 Å². The van der Waals surface area contributed by atoms with Gasteiger partial charge in [0.15, 0.2) is 0 Å². The summed E-state index contributed by atoms with van der Waals surface area (Å²) in [5.74, 6) is -3.50. The molecule has 0 radical (unpaired) electrons. The number of rotatable bonds is 18. The highest BCUT2D eigenvalue weighted by molar-refractivity contribution is 6.22. The lowest BCUT2D eigenvalue weighted by Gasteiger charge is -2.51. The number of piperidine rings is 2. The third-order valence-electron chi connectivity index (χ3n) is 8.01. The molecule has 0 unspecified atom stereocenters. The van der Waals surface area contributed by atoms with E-state index in [4.69, 9.17) is 0 Å². The highest BCUT2D eigenvalue weighted by atomic mass is 16.2. The lowest BCUT2D eigenvalue weighted by molar-refractivity contribution is -0.184. The molecule has 0 aliphatic carbocycles. The minimum absolute atomic E-state index is 0.314. The molecule has 0 spiro atoms. The van der Waals surface area contributed by atoms with Crippen LogP contribution in [0, 0.1) is 17.3 Å². The highest BCUT2D eigenvalue weighted by Gasteiger charge is 2.64. The molecule has 2 rings (SSSR count). The number of nitrogens with zero attached hydrogens (tertiary/aromatic N) is 2. The maximum absolute atomic E-state index is 13.3. The van der Waals surface area contributed by atoms with Gasteiger partial charge in [0.1, 0.15) is 11.8 Å². The van der Waals surface area contributed by atoms with Gasteiger partial charge in [0.05, 0.1) is 0 Å². The lowest BCUT2D eigenvalue weighted by Crippen LogP contribution is -2.70. The van der Waals surface area contributed by atoms with Crippen molar-refractivity contribution in [2.75, 3.05) is 13.1 Å². The summed E-state index contributed by atoms with van der Waals surface area (Å²) in [4.78, 5) is 55.7. The van der Waals surface area contributed by atoms with E-state index < -0.39 is 40.9 Å². The molecule has 0 N–H and O–H groups in total. The van der Waals surface area contributed by atoms with Crippen LogP contribution in [0.25, 0.3) is 0 Å². The van der Waals surface area contributed by atoms with Gasteiger partial charge in [-0.1, -0.05) is 118 Å². The van der Waals surface area contributed by atoms with Crippen molar-refractivity contribution in [2.24, 2.45) is 17.3 Å². The van der Waals surface area contributed by atoms with Crippen molar-refractivity contribution >= 4 is 23.6 Å². The van der Waals surface area contributed by atoms with Crippen LogP contribution in [0.3, 0.4) is 0 Å². The minimum atomic E-state index is -0.964. The second-order valence-corrected chi connectivity index (χ2v) is 11.3. The number of likely N-dealkylation sites (tertiary alicyclic amines) is 2. The topological polar surface area (TPSA) is 74.8 Å². The average molecular weight is 491 g/mol. The monoisotopic (exact) mass is 490 g/mol. The molecule has 200 valence electrons. The van der Waals surface area contributed by atoms with E-state index in [0.717, 1.165) is 38.5 Å². The van der Waals surface area contributed by atoms with Gasteiger partial charge in [-0.2, -0.15) is 0 Å². The van der Waals surface area contributed by atoms with Gasteiger partial charge in [-0.05, 0) is 12.8 Å². The molecule has 35 heavy (non-hydrogen) atoms. The van der Waals surface area contributed by atoms with E-state index in [2.05, 4.69) is 13.8 Å². The molecule has 2 heterocycles. The van der Waals surface area contributed by atoms with E-state index >= 15 is 0 Å². The van der Waals surface area contributed by atoms with Crippen molar-refractivity contribution in [3.05, 3.63) is 0 Å². The average Bonchev–Trinajstić information content (AvgIpc) is 2.80. The fraction of sp³-hybridized carbons (Fsp3) is 0.862. The third kappa shape index (κ3) is 7.63. The van der Waals surface area contributed by atoms with Gasteiger partial charge in [-0.3, -0.25) is 29.0 Å². The highest BCUT2D eigenvalue weighted by Crippen LogP contribution is 2.47. The first-order chi connectivity index (χ1) is 16.8. The quantitative estimate of drug-likeness (QED) is 0.129. The number of unbranched alkanes of at least 4 members (excludes halogenated alkanes) is 14. The Kier molecular flexibility index (Phi) is 12.4. The predicted octanol–water partition coefficient (Wildman–Crippen LogP) is 6.26. The molecular weight excluding hydrogens is 440 g/mol. The molecule has 0 aromatic heterocycles. The Morgan fingerprint density at radius 1 is 0.486 bits per heavy atom. The van der Waals surface area contributed by atoms with Crippen LogP contribution in [-0.2, 0) is 19.2 Å². The van der Waals surface area contributed by atoms with Crippen LogP contribution in [0.5, 0.6) is 0 Å². The Hall–Kier alpha value is -1.72. The van der Waals surface area contributed by atoms with Gasteiger partial charge >= 0.3 is 0 Å². The van der Waals surface area contributed by atoms with Crippen LogP contribution >= 0.6 is 0 Å². The van der Waals surface area contributed by atoms with Crippen LogP contribution in [0.15, 0.2) is 0 Å². The molecule has 2 aliphatic rings. The zero-order valence-electron chi connectivity index (χ0n) is 22.9. The number of hydrogen-bond donors (Lipinski definition) is 0. The second-order valence-electron chi connectivity index (χ2n) is 11.3. The molecule has 6 heteroatoms. The van der Waals surface area contributed by atoms with E-state index in [1.165, 1.54) is 74.0 Å². The van der Waals surface area contributed by atoms with Crippen molar-refractivity contribution in [3.8, 4) is 0 Å². The Bertz CT molecular complexity index is 627. The van der Waals surface area contributed by atoms with Gasteiger partial charge in [0, 0.05) is 18.5 Å². The smallest absolute Gasteiger partial charge is 0.242 e. The molecule has 2 aliphatic heterocycles. The molecule has 0 aromatic rings. The Morgan fingerprint density at radius 3 is 1.03 bits per heavy atom. The van der Waals surface area contributed by atoms with Crippen molar-refractivity contribution < 1.29 is 19.2 Å². The first-order valence-corrected chi connectivity index (χ1v) is 14.5. The van der Waals surface area contributed by atoms with Gasteiger partial charge in [0.2, 0.25) is 23.6 Å². The van der Waals surface area contributed by atoms with Crippen molar-refractivity contribution in [3.63, 3.8) is 0 Å². The fourth-order valence-electron chi connectivity index (χ4n) is 5.74. The summed E-state index contributed by atoms with van der Waals surface area (Å²) < 4.78 is 0. The number of fused-ring (bicyclic) bond motifs is 2. The summed E-state index contributed by atoms with van der Waals surface area (Å²) >= 11 is 0. The first-order valence-electron chi connectivity index (χ1n) is 14.5. The number of imide groups is 2. The second kappa shape index (κ2) is 14.7. The maximum Gasteiger partial charge on any atom is 0.242 e. The van der Waals surface area contributed by atoms with Crippen molar-refractivity contribution in [1.29, 1.82) is 0 Å². The third-order valence-corrected chi connectivity index (χ3v) is 8.01. The number of amides is 4. The molecule has 0 saturated carbocycles. The molecule has 2 bridgehead atoms. The van der Waals surface area contributed by atoms with E-state index in [1.54, 1.807) is 13.8 Å². The molecule has 0 aromatic carbocycles. The Labute approximate surface area is 213 Å². The summed E-state index contributed by atoms with van der Waals surface area (Å²) in [7, 11) is 0. The van der Waals surface area contributed by atoms with Crippen molar-refractivity contribution in [1.82, 2.24) is 9.80 Å². The van der Waals surface area contributed by atoms with E-state index in [9.17, 15) is 19.2 Å². The van der Waals surface area contributed by atoms with Gasteiger partial charge in [0.25, 0.3) is 0 Å². The van der Waals surface area contributed by atoms with Crippen LogP contribution in [0.1, 0.15) is 130 Å². The predicted molar refractivity (Wildman–Crippen MR) is 139 cm³/mol. The number of carbonyl (C=O) groups is 4. The van der Waals surface area contributed by atoms with Crippen LogP contribution in [-0.4, -0.2) is 46.5 Å². The Morgan fingerprint density at radius 2 is 0.743 bits per heavy atom. The van der Waals surface area contributed by atoms with Crippen LogP contribution in [0.2, 0.25) is 0 Å².